The molecule has 2 heteroatoms. The first kappa shape index (κ1) is 9.66. The van der Waals surface area contributed by atoms with Crippen LogP contribution in [0, 0.1) is 11.7 Å². The van der Waals surface area contributed by atoms with Crippen molar-refractivity contribution in [1.82, 2.24) is 5.32 Å². The molecule has 0 unspecified atom stereocenters. The SMILES string of the molecule is C[C@H](NCC1CC1)c1cccc(F)c1. The van der Waals surface area contributed by atoms with Crippen LogP contribution in [0.2, 0.25) is 0 Å². The maximum atomic E-state index is 12.9. The summed E-state index contributed by atoms with van der Waals surface area (Å²) in [5, 5.41) is 3.42. The van der Waals surface area contributed by atoms with Crippen molar-refractivity contribution in [2.24, 2.45) is 5.92 Å². The molecule has 0 heterocycles. The van der Waals surface area contributed by atoms with E-state index in [2.05, 4.69) is 12.2 Å². The molecule has 1 atom stereocenters. The molecule has 0 aliphatic heterocycles. The first-order valence-electron chi connectivity index (χ1n) is 5.24. The van der Waals surface area contributed by atoms with Crippen LogP contribution in [0.15, 0.2) is 24.3 Å². The number of hydrogen-bond donors (Lipinski definition) is 1. The molecule has 1 aromatic rings. The summed E-state index contributed by atoms with van der Waals surface area (Å²) in [6.07, 6.45) is 2.70. The molecule has 0 radical (unpaired) electrons. The maximum Gasteiger partial charge on any atom is 0.123 e. The van der Waals surface area contributed by atoms with Crippen LogP contribution in [-0.4, -0.2) is 6.54 Å². The number of benzene rings is 1. The molecule has 0 aromatic heterocycles. The molecule has 0 spiro atoms. The summed E-state index contributed by atoms with van der Waals surface area (Å²) in [5.41, 5.74) is 1.03. The van der Waals surface area contributed by atoms with E-state index in [4.69, 9.17) is 0 Å². The van der Waals surface area contributed by atoms with Crippen molar-refractivity contribution in [2.45, 2.75) is 25.8 Å². The van der Waals surface area contributed by atoms with E-state index in [9.17, 15) is 4.39 Å². The Morgan fingerprint density at radius 1 is 1.50 bits per heavy atom. The van der Waals surface area contributed by atoms with E-state index in [1.165, 1.54) is 18.9 Å². The number of halogens is 1. The highest BCUT2D eigenvalue weighted by molar-refractivity contribution is 5.19. The van der Waals surface area contributed by atoms with Crippen LogP contribution < -0.4 is 5.32 Å². The number of nitrogens with one attached hydrogen (secondary N) is 1. The zero-order valence-electron chi connectivity index (χ0n) is 8.46. The molecular formula is C12H16FN. The molecular weight excluding hydrogens is 177 g/mol. The van der Waals surface area contributed by atoms with Crippen LogP contribution in [0.5, 0.6) is 0 Å². The summed E-state index contributed by atoms with van der Waals surface area (Å²) < 4.78 is 12.9. The van der Waals surface area contributed by atoms with Crippen molar-refractivity contribution < 1.29 is 4.39 Å². The zero-order valence-corrected chi connectivity index (χ0v) is 8.46. The second-order valence-corrected chi connectivity index (χ2v) is 4.13. The van der Waals surface area contributed by atoms with E-state index in [1.54, 1.807) is 12.1 Å². The highest BCUT2D eigenvalue weighted by atomic mass is 19.1. The van der Waals surface area contributed by atoms with Crippen molar-refractivity contribution in [3.8, 4) is 0 Å². The van der Waals surface area contributed by atoms with E-state index >= 15 is 0 Å². The van der Waals surface area contributed by atoms with Crippen LogP contribution in [0.1, 0.15) is 31.4 Å². The predicted molar refractivity (Wildman–Crippen MR) is 55.5 cm³/mol. The summed E-state index contributed by atoms with van der Waals surface area (Å²) in [6.45, 7) is 3.15. The van der Waals surface area contributed by atoms with Gasteiger partial charge >= 0.3 is 0 Å². The first-order chi connectivity index (χ1) is 6.75. The Kier molecular flexibility index (Phi) is 2.82. The lowest BCUT2D eigenvalue weighted by Crippen LogP contribution is -2.21. The average molecular weight is 193 g/mol. The molecule has 1 fully saturated rings. The topological polar surface area (TPSA) is 12.0 Å². The Hall–Kier alpha value is -0.890. The van der Waals surface area contributed by atoms with Gasteiger partial charge in [0, 0.05) is 6.04 Å². The van der Waals surface area contributed by atoms with Gasteiger partial charge in [-0.1, -0.05) is 12.1 Å². The van der Waals surface area contributed by atoms with Gasteiger partial charge in [0.2, 0.25) is 0 Å². The molecule has 0 amide bonds. The minimum atomic E-state index is -0.150. The summed E-state index contributed by atoms with van der Waals surface area (Å²) >= 11 is 0. The Morgan fingerprint density at radius 3 is 2.93 bits per heavy atom. The lowest BCUT2D eigenvalue weighted by atomic mass is 10.1. The second kappa shape index (κ2) is 4.09. The standard InChI is InChI=1S/C12H16FN/c1-9(14-8-10-5-6-10)11-3-2-4-12(13)7-11/h2-4,7,9-10,14H,5-6,8H2,1H3/t9-/m0/s1. The van der Waals surface area contributed by atoms with E-state index in [0.29, 0.717) is 0 Å². The quantitative estimate of drug-likeness (QED) is 0.775. The van der Waals surface area contributed by atoms with E-state index in [1.807, 2.05) is 6.07 Å². The molecule has 1 N–H and O–H groups in total. The molecule has 1 aliphatic rings. The van der Waals surface area contributed by atoms with Gasteiger partial charge in [-0.15, -0.1) is 0 Å². The van der Waals surface area contributed by atoms with Crippen molar-refractivity contribution in [2.75, 3.05) is 6.54 Å². The minimum Gasteiger partial charge on any atom is -0.310 e. The Morgan fingerprint density at radius 2 is 2.29 bits per heavy atom. The second-order valence-electron chi connectivity index (χ2n) is 4.13. The highest BCUT2D eigenvalue weighted by Gasteiger charge is 2.21. The first-order valence-corrected chi connectivity index (χ1v) is 5.24. The third-order valence-corrected chi connectivity index (χ3v) is 2.76. The lowest BCUT2D eigenvalue weighted by molar-refractivity contribution is 0.543. The average Bonchev–Trinajstić information content (AvgIpc) is 2.97. The predicted octanol–water partition coefficient (Wildman–Crippen LogP) is 2.89. The zero-order chi connectivity index (χ0) is 9.97. The molecule has 1 aliphatic carbocycles. The molecule has 14 heavy (non-hydrogen) atoms. The van der Waals surface area contributed by atoms with Crippen LogP contribution in [0.25, 0.3) is 0 Å². The fraction of sp³-hybridized carbons (Fsp3) is 0.500. The lowest BCUT2D eigenvalue weighted by Gasteiger charge is -2.13. The Labute approximate surface area is 84.3 Å². The van der Waals surface area contributed by atoms with Crippen LogP contribution in [-0.2, 0) is 0 Å². The van der Waals surface area contributed by atoms with Gasteiger partial charge in [-0.2, -0.15) is 0 Å². The maximum absolute atomic E-state index is 12.9. The molecule has 1 aromatic carbocycles. The molecule has 2 rings (SSSR count). The van der Waals surface area contributed by atoms with Crippen molar-refractivity contribution in [1.29, 1.82) is 0 Å². The molecule has 76 valence electrons. The molecule has 1 nitrogen and oxygen atoms in total. The fourth-order valence-electron chi connectivity index (χ4n) is 1.56. The smallest absolute Gasteiger partial charge is 0.123 e. The number of rotatable bonds is 4. The van der Waals surface area contributed by atoms with Gasteiger partial charge in [-0.3, -0.25) is 0 Å². The number of hydrogen-bond acceptors (Lipinski definition) is 1. The molecule has 0 saturated heterocycles. The van der Waals surface area contributed by atoms with E-state index in [0.717, 1.165) is 18.0 Å². The van der Waals surface area contributed by atoms with Crippen molar-refractivity contribution >= 4 is 0 Å². The minimum absolute atomic E-state index is 0.150. The largest absolute Gasteiger partial charge is 0.310 e. The van der Waals surface area contributed by atoms with Crippen LogP contribution in [0.4, 0.5) is 4.39 Å². The summed E-state index contributed by atoms with van der Waals surface area (Å²) in [4.78, 5) is 0. The van der Waals surface area contributed by atoms with Gasteiger partial charge in [-0.05, 0) is 49.9 Å². The van der Waals surface area contributed by atoms with Gasteiger partial charge in [0.15, 0.2) is 0 Å². The van der Waals surface area contributed by atoms with E-state index in [-0.39, 0.29) is 11.9 Å². The van der Waals surface area contributed by atoms with Gasteiger partial charge in [-0.25, -0.2) is 4.39 Å². The summed E-state index contributed by atoms with van der Waals surface area (Å²) in [5.74, 6) is 0.716. The molecule has 1 saturated carbocycles. The van der Waals surface area contributed by atoms with Gasteiger partial charge in [0.25, 0.3) is 0 Å². The normalized spacial score (nSPS) is 18.1. The van der Waals surface area contributed by atoms with Gasteiger partial charge < -0.3 is 5.32 Å². The Balaban J connectivity index is 1.91. The van der Waals surface area contributed by atoms with E-state index < -0.39 is 0 Å². The fourth-order valence-corrected chi connectivity index (χ4v) is 1.56. The highest BCUT2D eigenvalue weighted by Crippen LogP contribution is 2.28. The summed E-state index contributed by atoms with van der Waals surface area (Å²) in [7, 11) is 0. The third kappa shape index (κ3) is 2.55. The van der Waals surface area contributed by atoms with Crippen LogP contribution in [0.3, 0.4) is 0 Å². The van der Waals surface area contributed by atoms with Gasteiger partial charge in [0.05, 0.1) is 0 Å². The Bertz CT molecular complexity index is 307. The van der Waals surface area contributed by atoms with Gasteiger partial charge in [0.1, 0.15) is 5.82 Å². The molecule has 0 bridgehead atoms. The summed E-state index contributed by atoms with van der Waals surface area (Å²) in [6, 6.07) is 7.07. The monoisotopic (exact) mass is 193 g/mol. The van der Waals surface area contributed by atoms with Crippen molar-refractivity contribution in [3.63, 3.8) is 0 Å². The van der Waals surface area contributed by atoms with Crippen molar-refractivity contribution in [3.05, 3.63) is 35.6 Å². The van der Waals surface area contributed by atoms with Crippen LogP contribution >= 0.6 is 0 Å². The third-order valence-electron chi connectivity index (χ3n) is 2.76.